The lowest BCUT2D eigenvalue weighted by molar-refractivity contribution is -0.105. The predicted molar refractivity (Wildman–Crippen MR) is 124 cm³/mol. The van der Waals surface area contributed by atoms with E-state index < -0.39 is 0 Å². The lowest BCUT2D eigenvalue weighted by Gasteiger charge is -2.14. The Bertz CT molecular complexity index is 930. The van der Waals surface area contributed by atoms with Crippen LogP contribution in [0.1, 0.15) is 24.0 Å². The van der Waals surface area contributed by atoms with Crippen molar-refractivity contribution >= 4 is 30.3 Å². The van der Waals surface area contributed by atoms with Crippen LogP contribution in [0.15, 0.2) is 46.6 Å². The van der Waals surface area contributed by atoms with Crippen LogP contribution in [0.4, 0.5) is 5.69 Å². The number of ether oxygens (including phenoxy) is 1. The molecule has 1 aromatic heterocycles. The summed E-state index contributed by atoms with van der Waals surface area (Å²) in [6.07, 6.45) is 9.88. The fourth-order valence-electron chi connectivity index (χ4n) is 3.47. The molecule has 1 aliphatic rings. The molecule has 1 heterocycles. The van der Waals surface area contributed by atoms with Gasteiger partial charge in [-0.3, -0.25) is 14.5 Å². The molecule has 0 atom stereocenters. The van der Waals surface area contributed by atoms with Gasteiger partial charge in [-0.15, -0.1) is 0 Å². The van der Waals surface area contributed by atoms with Crippen molar-refractivity contribution in [3.63, 3.8) is 0 Å². The van der Waals surface area contributed by atoms with Crippen LogP contribution in [0.2, 0.25) is 0 Å². The van der Waals surface area contributed by atoms with Gasteiger partial charge in [0.15, 0.2) is 0 Å². The summed E-state index contributed by atoms with van der Waals surface area (Å²) in [7, 11) is 1.81. The number of nitrogens with two attached hydrogens (primary N) is 1. The number of nitrogens with one attached hydrogen (secondary N) is 2. The van der Waals surface area contributed by atoms with E-state index in [2.05, 4.69) is 32.1 Å². The van der Waals surface area contributed by atoms with Crippen molar-refractivity contribution in [2.45, 2.75) is 25.7 Å². The highest BCUT2D eigenvalue weighted by Gasteiger charge is 2.18. The molecule has 3 rings (SSSR count). The van der Waals surface area contributed by atoms with Crippen LogP contribution in [0, 0.1) is 0 Å². The highest BCUT2D eigenvalue weighted by Crippen LogP contribution is 2.37. The van der Waals surface area contributed by atoms with Crippen molar-refractivity contribution in [2.75, 3.05) is 25.5 Å². The molecule has 1 amide bonds. The Hall–Kier alpha value is -2.84. The molecule has 1 aliphatic carbocycles. The Morgan fingerprint density at radius 1 is 1.37 bits per heavy atom. The third-order valence-corrected chi connectivity index (χ3v) is 5.35. The van der Waals surface area contributed by atoms with Gasteiger partial charge in [0.25, 0.3) is 0 Å². The molecule has 0 saturated carbocycles. The Labute approximate surface area is 181 Å². The predicted octanol–water partition coefficient (Wildman–Crippen LogP) is 3.31. The summed E-state index contributed by atoms with van der Waals surface area (Å²) in [6, 6.07) is 8.07. The first kappa shape index (κ1) is 21.9. The number of carbonyl (C=O) groups is 1. The van der Waals surface area contributed by atoms with Gasteiger partial charge in [0.05, 0.1) is 17.3 Å². The van der Waals surface area contributed by atoms with Crippen LogP contribution in [-0.4, -0.2) is 37.8 Å². The maximum atomic E-state index is 11.2. The zero-order valence-electron chi connectivity index (χ0n) is 17.1. The first-order valence-corrected chi connectivity index (χ1v) is 10.8. The van der Waals surface area contributed by atoms with Gasteiger partial charge in [-0.05, 0) is 67.1 Å². The van der Waals surface area contributed by atoms with Gasteiger partial charge in [-0.1, -0.05) is 12.1 Å². The lowest BCUT2D eigenvalue weighted by atomic mass is 9.98. The zero-order valence-corrected chi connectivity index (χ0v) is 17.9. The molecule has 0 aliphatic heterocycles. The normalized spacial score (nSPS) is 13.4. The van der Waals surface area contributed by atoms with Crippen LogP contribution >= 0.6 is 11.9 Å². The number of carbonyl (C=O) groups excluding carboxylic acids is 1. The van der Waals surface area contributed by atoms with E-state index in [1.54, 1.807) is 18.5 Å². The Kier molecular flexibility index (Phi) is 8.29. The molecular formula is C22H27N5O2S. The summed E-state index contributed by atoms with van der Waals surface area (Å²) in [6.45, 7) is 1.16. The van der Waals surface area contributed by atoms with Gasteiger partial charge in [-0.25, -0.2) is 4.98 Å². The molecule has 0 bridgehead atoms. The largest absolute Gasteiger partial charge is 0.478 e. The van der Waals surface area contributed by atoms with Crippen LogP contribution in [0.25, 0.3) is 11.1 Å². The van der Waals surface area contributed by atoms with Crippen molar-refractivity contribution in [1.29, 1.82) is 0 Å². The van der Waals surface area contributed by atoms with Crippen molar-refractivity contribution < 1.29 is 9.53 Å². The number of rotatable bonds is 11. The Balaban J connectivity index is 1.60. The van der Waals surface area contributed by atoms with E-state index in [1.165, 1.54) is 23.1 Å². The van der Waals surface area contributed by atoms with Gasteiger partial charge in [0.2, 0.25) is 12.3 Å². The number of fused-ring (bicyclic) bond motifs is 1. The molecule has 0 unspecified atom stereocenters. The number of aryl methyl sites for hydroxylation is 1. The van der Waals surface area contributed by atoms with E-state index >= 15 is 0 Å². The molecule has 0 fully saturated rings. The zero-order chi connectivity index (χ0) is 21.2. The number of benzene rings is 1. The van der Waals surface area contributed by atoms with E-state index in [0.29, 0.717) is 24.1 Å². The summed E-state index contributed by atoms with van der Waals surface area (Å²) in [5.74, 6) is 0.559. The summed E-state index contributed by atoms with van der Waals surface area (Å²) >= 11 is 1.35. The highest BCUT2D eigenvalue weighted by molar-refractivity contribution is 8.01. The minimum Gasteiger partial charge on any atom is -0.478 e. The number of aliphatic imine (C=N–C) groups is 1. The molecule has 4 N–H and O–H groups in total. The average Bonchev–Trinajstić information content (AvgIpc) is 3.23. The van der Waals surface area contributed by atoms with Gasteiger partial charge in [-0.2, -0.15) is 0 Å². The lowest BCUT2D eigenvalue weighted by Crippen LogP contribution is -2.03. The Morgan fingerprint density at radius 2 is 2.27 bits per heavy atom. The molecule has 8 heteroatoms. The topological polar surface area (TPSA) is 102 Å². The van der Waals surface area contributed by atoms with Crippen LogP contribution in [0.3, 0.4) is 0 Å². The van der Waals surface area contributed by atoms with E-state index in [9.17, 15) is 4.79 Å². The van der Waals surface area contributed by atoms with Crippen molar-refractivity contribution in [3.8, 4) is 17.0 Å². The SMILES string of the molecule is CNS/C(N)=C/C=NCCCOc1cc(-c2ccc3c(c2NC=O)CCC3)ccn1. The fraction of sp³-hybridized carbons (Fsp3) is 0.318. The summed E-state index contributed by atoms with van der Waals surface area (Å²) in [5.41, 5.74) is 11.1. The first-order chi connectivity index (χ1) is 14.7. The smallest absolute Gasteiger partial charge is 0.213 e. The average molecular weight is 426 g/mol. The van der Waals surface area contributed by atoms with E-state index in [1.807, 2.05) is 19.2 Å². The first-order valence-electron chi connectivity index (χ1n) is 9.96. The molecule has 0 saturated heterocycles. The fourth-order valence-corrected chi connectivity index (χ4v) is 3.84. The highest BCUT2D eigenvalue weighted by atomic mass is 32.2. The summed E-state index contributed by atoms with van der Waals surface area (Å²) in [5, 5.41) is 3.57. The molecule has 2 aromatic rings. The van der Waals surface area contributed by atoms with Gasteiger partial charge >= 0.3 is 0 Å². The monoisotopic (exact) mass is 425 g/mol. The number of amides is 1. The molecule has 1 aromatic carbocycles. The minimum absolute atomic E-state index is 0.516. The van der Waals surface area contributed by atoms with Crippen molar-refractivity contribution in [2.24, 2.45) is 10.7 Å². The van der Waals surface area contributed by atoms with Gasteiger partial charge < -0.3 is 15.8 Å². The minimum atomic E-state index is 0.516. The van der Waals surface area contributed by atoms with Crippen LogP contribution < -0.4 is 20.5 Å². The second-order valence-corrected chi connectivity index (χ2v) is 7.84. The standard InChI is InChI=1S/C22H27N5O2S/c1-24-30-20(23)9-11-25-10-3-13-29-21-14-17(8-12-26-21)19-7-6-16-4-2-5-18(16)22(19)27-15-28/h6-9,11-12,14-15,24H,2-5,10,13,23H2,1H3,(H,27,28)/b20-9+,25-11?. The molecule has 30 heavy (non-hydrogen) atoms. The van der Waals surface area contributed by atoms with E-state index in [4.69, 9.17) is 10.5 Å². The van der Waals surface area contributed by atoms with Gasteiger partial charge in [0, 0.05) is 37.0 Å². The maximum absolute atomic E-state index is 11.2. The summed E-state index contributed by atoms with van der Waals surface area (Å²) in [4.78, 5) is 19.8. The second kappa shape index (κ2) is 11.4. The third-order valence-electron chi connectivity index (χ3n) is 4.78. The van der Waals surface area contributed by atoms with Crippen molar-refractivity contribution in [1.82, 2.24) is 9.71 Å². The maximum Gasteiger partial charge on any atom is 0.213 e. The number of anilines is 1. The number of hydrogen-bond donors (Lipinski definition) is 3. The molecule has 7 nitrogen and oxygen atoms in total. The Morgan fingerprint density at radius 3 is 3.10 bits per heavy atom. The summed E-state index contributed by atoms with van der Waals surface area (Å²) < 4.78 is 8.70. The molecule has 0 radical (unpaired) electrons. The number of aromatic nitrogens is 1. The number of allylic oxidation sites excluding steroid dienone is 1. The number of nitrogens with zero attached hydrogens (tertiary/aromatic N) is 2. The van der Waals surface area contributed by atoms with Crippen LogP contribution in [-0.2, 0) is 17.6 Å². The van der Waals surface area contributed by atoms with E-state index in [0.717, 1.165) is 48.9 Å². The van der Waals surface area contributed by atoms with Crippen molar-refractivity contribution in [3.05, 3.63) is 52.7 Å². The molecule has 0 spiro atoms. The van der Waals surface area contributed by atoms with Gasteiger partial charge in [0.1, 0.15) is 0 Å². The molecule has 158 valence electrons. The van der Waals surface area contributed by atoms with Crippen LogP contribution in [0.5, 0.6) is 5.88 Å². The quantitative estimate of drug-likeness (QED) is 0.221. The van der Waals surface area contributed by atoms with E-state index in [-0.39, 0.29) is 0 Å². The second-order valence-electron chi connectivity index (χ2n) is 6.76. The third kappa shape index (κ3) is 5.84. The number of hydrogen-bond acceptors (Lipinski definition) is 7. The molecular weight excluding hydrogens is 398 g/mol. The number of pyridine rings is 1.